The molecule has 1 N–H and O–H groups in total. The number of hydrogen-bond donors (Lipinski definition) is 1. The monoisotopic (exact) mass is 539 g/mol. The zero-order chi connectivity index (χ0) is 20.4. The summed E-state index contributed by atoms with van der Waals surface area (Å²) in [6.45, 7) is 8.65. The molecule has 2 rings (SSSR count). The number of nitrogens with one attached hydrogen (secondary N) is 1. The van der Waals surface area contributed by atoms with Crippen LogP contribution in [0.3, 0.4) is 0 Å². The van der Waals surface area contributed by atoms with Crippen LogP contribution in [0.5, 0.6) is 11.5 Å². The molecule has 6 nitrogen and oxygen atoms in total. The highest BCUT2D eigenvalue weighted by atomic mass is 127. The van der Waals surface area contributed by atoms with Gasteiger partial charge in [0.05, 0.1) is 25.3 Å². The third-order valence-corrected chi connectivity index (χ3v) is 5.18. The van der Waals surface area contributed by atoms with Crippen LogP contribution in [0.2, 0.25) is 5.02 Å². The molecule has 29 heavy (non-hydrogen) atoms. The topological polar surface area (TPSA) is 55.3 Å². The molecule has 1 saturated heterocycles. The fraction of sp³-hybridized carbons (Fsp3) is 0.667. The molecule has 1 aliphatic heterocycles. The van der Waals surface area contributed by atoms with Crippen LogP contribution in [0.1, 0.15) is 38.7 Å². The Balaban J connectivity index is 0.00000420. The van der Waals surface area contributed by atoms with E-state index in [9.17, 15) is 0 Å². The number of halogens is 2. The second-order valence-electron chi connectivity index (χ2n) is 6.98. The first-order chi connectivity index (χ1) is 13.6. The summed E-state index contributed by atoms with van der Waals surface area (Å²) in [5.41, 5.74) is 0.985. The SMILES string of the molecule is CCNC(=NCc1cc(Cl)c(OCC)c(OC)c1)N(C)CCC1CCOCC1.I. The van der Waals surface area contributed by atoms with E-state index in [-0.39, 0.29) is 24.0 Å². The molecule has 1 heterocycles. The molecule has 0 saturated carbocycles. The zero-order valence-corrected chi connectivity index (χ0v) is 21.1. The molecule has 1 aliphatic rings. The van der Waals surface area contributed by atoms with E-state index >= 15 is 0 Å². The van der Waals surface area contributed by atoms with Crippen molar-refractivity contribution in [2.24, 2.45) is 10.9 Å². The van der Waals surface area contributed by atoms with E-state index in [1.54, 1.807) is 7.11 Å². The number of ether oxygens (including phenoxy) is 3. The van der Waals surface area contributed by atoms with Crippen LogP contribution in [-0.2, 0) is 11.3 Å². The minimum atomic E-state index is 0. The average Bonchev–Trinajstić information content (AvgIpc) is 2.71. The lowest BCUT2D eigenvalue weighted by Gasteiger charge is -2.27. The smallest absolute Gasteiger partial charge is 0.193 e. The lowest BCUT2D eigenvalue weighted by atomic mass is 9.96. The van der Waals surface area contributed by atoms with Gasteiger partial charge in [0.25, 0.3) is 0 Å². The number of nitrogens with zero attached hydrogens (tertiary/aromatic N) is 2. The minimum Gasteiger partial charge on any atom is -0.493 e. The van der Waals surface area contributed by atoms with Crippen molar-refractivity contribution in [2.45, 2.75) is 39.7 Å². The molecule has 8 heteroatoms. The van der Waals surface area contributed by atoms with Crippen molar-refractivity contribution in [1.29, 1.82) is 0 Å². The molecule has 0 radical (unpaired) electrons. The summed E-state index contributed by atoms with van der Waals surface area (Å²) < 4.78 is 16.5. The number of aliphatic imine (C=N–C) groups is 1. The number of guanidine groups is 1. The van der Waals surface area contributed by atoms with E-state index < -0.39 is 0 Å². The standard InChI is InChI=1S/C21H34ClN3O3.HI/c1-5-23-21(25(3)10-7-16-8-11-27-12-9-16)24-15-17-13-18(22)20(28-6-2)19(14-17)26-4;/h13-14,16H,5-12,15H2,1-4H3,(H,23,24);1H. The van der Waals surface area contributed by atoms with Gasteiger partial charge in [0.15, 0.2) is 17.5 Å². The summed E-state index contributed by atoms with van der Waals surface area (Å²) in [6.07, 6.45) is 3.48. The van der Waals surface area contributed by atoms with Crippen LogP contribution in [-0.4, -0.2) is 57.9 Å². The van der Waals surface area contributed by atoms with Gasteiger partial charge in [0.2, 0.25) is 0 Å². The fourth-order valence-corrected chi connectivity index (χ4v) is 3.59. The van der Waals surface area contributed by atoms with Gasteiger partial charge >= 0.3 is 0 Å². The van der Waals surface area contributed by atoms with Crippen LogP contribution in [0.25, 0.3) is 0 Å². The summed E-state index contributed by atoms with van der Waals surface area (Å²) in [7, 11) is 3.71. The van der Waals surface area contributed by atoms with Gasteiger partial charge in [-0.05, 0) is 56.7 Å². The Morgan fingerprint density at radius 2 is 2.03 bits per heavy atom. The maximum atomic E-state index is 6.38. The Hall–Kier alpha value is -0.930. The first-order valence-electron chi connectivity index (χ1n) is 10.1. The normalized spacial score (nSPS) is 14.9. The quantitative estimate of drug-likeness (QED) is 0.283. The lowest BCUT2D eigenvalue weighted by Crippen LogP contribution is -2.40. The lowest BCUT2D eigenvalue weighted by molar-refractivity contribution is 0.0625. The molecule has 0 bridgehead atoms. The minimum absolute atomic E-state index is 0. The predicted molar refractivity (Wildman–Crippen MR) is 130 cm³/mol. The first kappa shape index (κ1) is 26.1. The summed E-state index contributed by atoms with van der Waals surface area (Å²) in [6, 6.07) is 3.83. The van der Waals surface area contributed by atoms with Gasteiger partial charge in [-0.15, -0.1) is 24.0 Å². The van der Waals surface area contributed by atoms with E-state index in [4.69, 9.17) is 30.8 Å². The Bertz CT molecular complexity index is 640. The van der Waals surface area contributed by atoms with Crippen LogP contribution in [0.4, 0.5) is 0 Å². The van der Waals surface area contributed by atoms with Crippen molar-refractivity contribution < 1.29 is 14.2 Å². The Labute approximate surface area is 197 Å². The highest BCUT2D eigenvalue weighted by Crippen LogP contribution is 2.36. The van der Waals surface area contributed by atoms with Gasteiger partial charge in [-0.1, -0.05) is 11.6 Å². The Morgan fingerprint density at radius 1 is 1.31 bits per heavy atom. The largest absolute Gasteiger partial charge is 0.493 e. The number of benzene rings is 1. The third-order valence-electron chi connectivity index (χ3n) is 4.90. The molecular formula is C21H35ClIN3O3. The summed E-state index contributed by atoms with van der Waals surface area (Å²) >= 11 is 6.38. The van der Waals surface area contributed by atoms with Crippen molar-refractivity contribution >= 4 is 41.5 Å². The Kier molecular flexibility index (Phi) is 12.7. The highest BCUT2D eigenvalue weighted by Gasteiger charge is 2.16. The molecule has 1 aromatic rings. The molecule has 0 atom stereocenters. The van der Waals surface area contributed by atoms with Crippen LogP contribution >= 0.6 is 35.6 Å². The van der Waals surface area contributed by atoms with E-state index in [0.717, 1.165) is 63.0 Å². The van der Waals surface area contributed by atoms with Gasteiger partial charge in [-0.2, -0.15) is 0 Å². The molecule has 1 fully saturated rings. The van der Waals surface area contributed by atoms with E-state index in [1.165, 1.54) is 0 Å². The highest BCUT2D eigenvalue weighted by molar-refractivity contribution is 14.0. The molecule has 0 aliphatic carbocycles. The van der Waals surface area contributed by atoms with Crippen molar-refractivity contribution in [2.75, 3.05) is 47.1 Å². The van der Waals surface area contributed by atoms with Gasteiger partial charge in [0.1, 0.15) is 0 Å². The van der Waals surface area contributed by atoms with Gasteiger partial charge < -0.3 is 24.4 Å². The number of methoxy groups -OCH3 is 1. The second-order valence-corrected chi connectivity index (χ2v) is 7.39. The third kappa shape index (κ3) is 8.38. The van der Waals surface area contributed by atoms with Crippen LogP contribution in [0.15, 0.2) is 17.1 Å². The van der Waals surface area contributed by atoms with Gasteiger partial charge in [0, 0.05) is 33.4 Å². The predicted octanol–water partition coefficient (Wildman–Crippen LogP) is 4.58. The maximum absolute atomic E-state index is 6.38. The fourth-order valence-electron chi connectivity index (χ4n) is 3.30. The Morgan fingerprint density at radius 3 is 2.66 bits per heavy atom. The van der Waals surface area contributed by atoms with Gasteiger partial charge in [-0.3, -0.25) is 0 Å². The van der Waals surface area contributed by atoms with E-state index in [1.807, 2.05) is 19.1 Å². The van der Waals surface area contributed by atoms with Crippen molar-refractivity contribution in [3.63, 3.8) is 0 Å². The average molecular weight is 540 g/mol. The molecule has 0 aromatic heterocycles. The van der Waals surface area contributed by atoms with Crippen molar-refractivity contribution in [3.8, 4) is 11.5 Å². The van der Waals surface area contributed by atoms with Crippen molar-refractivity contribution in [3.05, 3.63) is 22.7 Å². The maximum Gasteiger partial charge on any atom is 0.193 e. The molecule has 0 spiro atoms. The van der Waals surface area contributed by atoms with Crippen LogP contribution in [0, 0.1) is 5.92 Å². The molecule has 166 valence electrons. The van der Waals surface area contributed by atoms with Crippen molar-refractivity contribution in [1.82, 2.24) is 10.2 Å². The van der Waals surface area contributed by atoms with Gasteiger partial charge in [-0.25, -0.2) is 4.99 Å². The molecular weight excluding hydrogens is 505 g/mol. The van der Waals surface area contributed by atoms with Crippen LogP contribution < -0.4 is 14.8 Å². The molecule has 0 amide bonds. The molecule has 1 aromatic carbocycles. The number of hydrogen-bond acceptors (Lipinski definition) is 4. The zero-order valence-electron chi connectivity index (χ0n) is 18.0. The summed E-state index contributed by atoms with van der Waals surface area (Å²) in [5, 5.41) is 3.92. The summed E-state index contributed by atoms with van der Waals surface area (Å²) in [4.78, 5) is 6.99. The number of rotatable bonds is 9. The molecule has 0 unspecified atom stereocenters. The van der Waals surface area contributed by atoms with E-state index in [0.29, 0.717) is 29.7 Å². The summed E-state index contributed by atoms with van der Waals surface area (Å²) in [5.74, 6) is 2.86. The second kappa shape index (κ2) is 14.1. The first-order valence-corrected chi connectivity index (χ1v) is 10.5. The van der Waals surface area contributed by atoms with E-state index in [2.05, 4.69) is 24.2 Å².